The first-order valence-electron chi connectivity index (χ1n) is 5.12. The zero-order valence-corrected chi connectivity index (χ0v) is 10.4. The summed E-state index contributed by atoms with van der Waals surface area (Å²) in [5.74, 6) is 5.16. The summed E-state index contributed by atoms with van der Waals surface area (Å²) >= 11 is 5.84. The number of nitrogens with one attached hydrogen (secondary N) is 1. The average molecular weight is 287 g/mol. The number of alkyl halides is 3. The summed E-state index contributed by atoms with van der Waals surface area (Å²) in [6.45, 7) is 0.614. The van der Waals surface area contributed by atoms with Crippen LogP contribution in [0.15, 0.2) is 6.20 Å². The molecule has 1 heterocycles. The van der Waals surface area contributed by atoms with E-state index in [-0.39, 0.29) is 10.7 Å². The molecule has 0 radical (unpaired) electrons. The van der Waals surface area contributed by atoms with Gasteiger partial charge in [-0.25, -0.2) is 0 Å². The molecule has 0 fully saturated rings. The molecule has 0 aliphatic rings. The fraction of sp³-hybridized carbons (Fsp3) is 0.667. The van der Waals surface area contributed by atoms with Crippen LogP contribution in [-0.4, -0.2) is 29.7 Å². The van der Waals surface area contributed by atoms with Crippen LogP contribution in [0.1, 0.15) is 18.2 Å². The van der Waals surface area contributed by atoms with E-state index in [2.05, 4.69) is 10.5 Å². The summed E-state index contributed by atoms with van der Waals surface area (Å²) in [5.41, 5.74) is 2.31. The number of nitrogens with two attached hydrogens (primary N) is 1. The van der Waals surface area contributed by atoms with Gasteiger partial charge in [0.05, 0.1) is 42.5 Å². The Bertz CT molecular complexity index is 382. The van der Waals surface area contributed by atoms with E-state index in [9.17, 15) is 13.2 Å². The molecule has 1 aromatic heterocycles. The maximum absolute atomic E-state index is 12.4. The molecule has 3 N–H and O–H groups in total. The third kappa shape index (κ3) is 4.13. The van der Waals surface area contributed by atoms with Gasteiger partial charge in [0.1, 0.15) is 0 Å². The van der Waals surface area contributed by atoms with E-state index < -0.39 is 18.6 Å². The topological polar surface area (TPSA) is 65.1 Å². The van der Waals surface area contributed by atoms with E-state index in [1.165, 1.54) is 18.0 Å². The van der Waals surface area contributed by atoms with Gasteiger partial charge in [0, 0.05) is 7.11 Å². The van der Waals surface area contributed by atoms with Crippen LogP contribution in [0, 0.1) is 0 Å². The molecule has 104 valence electrons. The van der Waals surface area contributed by atoms with Crippen molar-refractivity contribution in [3.63, 3.8) is 0 Å². The molecule has 0 aliphatic carbocycles. The molecule has 0 bridgehead atoms. The lowest BCUT2D eigenvalue weighted by molar-refractivity contribution is -0.140. The summed E-state index contributed by atoms with van der Waals surface area (Å²) in [6, 6.07) is -1.14. The highest BCUT2D eigenvalue weighted by Crippen LogP contribution is 2.32. The average Bonchev–Trinajstić information content (AvgIpc) is 2.63. The van der Waals surface area contributed by atoms with Gasteiger partial charge in [0.2, 0.25) is 0 Å². The lowest BCUT2D eigenvalue weighted by Gasteiger charge is -2.19. The molecule has 0 spiro atoms. The van der Waals surface area contributed by atoms with Gasteiger partial charge in [0.25, 0.3) is 0 Å². The molecule has 1 unspecified atom stereocenters. The number of methoxy groups -OCH3 is 1. The SMILES string of the molecule is COCCn1ncc(Cl)c1C(CC(F)(F)F)NN. The first-order chi connectivity index (χ1) is 8.39. The largest absolute Gasteiger partial charge is 0.391 e. The standard InChI is InChI=1S/C9H14ClF3N4O/c1-18-3-2-17-8(6(10)5-15-17)7(16-14)4-9(11,12)13/h5,7,16H,2-4,14H2,1H3. The molecule has 1 atom stereocenters. The molecular weight excluding hydrogens is 273 g/mol. The summed E-state index contributed by atoms with van der Waals surface area (Å²) in [4.78, 5) is 0. The summed E-state index contributed by atoms with van der Waals surface area (Å²) in [6.07, 6.45) is -4.19. The van der Waals surface area contributed by atoms with Crippen molar-refractivity contribution in [1.82, 2.24) is 15.2 Å². The Labute approximate surface area is 107 Å². The van der Waals surface area contributed by atoms with Crippen molar-refractivity contribution in [3.05, 3.63) is 16.9 Å². The fourth-order valence-corrected chi connectivity index (χ4v) is 1.81. The summed E-state index contributed by atoms with van der Waals surface area (Å²) < 4.78 is 43.4. The lowest BCUT2D eigenvalue weighted by Crippen LogP contribution is -2.33. The number of halogens is 4. The second kappa shape index (κ2) is 6.37. The van der Waals surface area contributed by atoms with Gasteiger partial charge in [-0.15, -0.1) is 0 Å². The number of aromatic nitrogens is 2. The highest BCUT2D eigenvalue weighted by atomic mass is 35.5. The van der Waals surface area contributed by atoms with Crippen molar-refractivity contribution in [1.29, 1.82) is 0 Å². The summed E-state index contributed by atoms with van der Waals surface area (Å²) in [5, 5.41) is 4.03. The molecule has 18 heavy (non-hydrogen) atoms. The fourth-order valence-electron chi connectivity index (χ4n) is 1.54. The first kappa shape index (κ1) is 15.2. The molecule has 0 amide bonds. The van der Waals surface area contributed by atoms with E-state index in [0.29, 0.717) is 13.2 Å². The minimum Gasteiger partial charge on any atom is -0.383 e. The minimum atomic E-state index is -4.35. The van der Waals surface area contributed by atoms with Gasteiger partial charge in [-0.3, -0.25) is 16.0 Å². The molecule has 0 aliphatic heterocycles. The molecule has 1 aromatic rings. The third-order valence-electron chi connectivity index (χ3n) is 2.31. The van der Waals surface area contributed by atoms with Crippen molar-refractivity contribution >= 4 is 11.6 Å². The minimum absolute atomic E-state index is 0.137. The predicted octanol–water partition coefficient (Wildman–Crippen LogP) is 1.64. The summed E-state index contributed by atoms with van der Waals surface area (Å²) in [7, 11) is 1.49. The third-order valence-corrected chi connectivity index (χ3v) is 2.60. The highest BCUT2D eigenvalue weighted by molar-refractivity contribution is 6.31. The lowest BCUT2D eigenvalue weighted by atomic mass is 10.1. The predicted molar refractivity (Wildman–Crippen MR) is 59.8 cm³/mol. The molecule has 1 rings (SSSR count). The normalized spacial score (nSPS) is 13.9. The monoisotopic (exact) mass is 286 g/mol. The Morgan fingerprint density at radius 2 is 2.28 bits per heavy atom. The Morgan fingerprint density at radius 3 is 2.78 bits per heavy atom. The van der Waals surface area contributed by atoms with E-state index >= 15 is 0 Å². The van der Waals surface area contributed by atoms with Gasteiger partial charge in [0.15, 0.2) is 0 Å². The molecule has 5 nitrogen and oxygen atoms in total. The van der Waals surface area contributed by atoms with E-state index in [4.69, 9.17) is 22.2 Å². The molecule has 0 saturated carbocycles. The Kier molecular flexibility index (Phi) is 5.39. The van der Waals surface area contributed by atoms with Gasteiger partial charge in [-0.1, -0.05) is 11.6 Å². The zero-order valence-electron chi connectivity index (χ0n) is 9.67. The van der Waals surface area contributed by atoms with Crippen molar-refractivity contribution in [3.8, 4) is 0 Å². The second-order valence-corrected chi connectivity index (χ2v) is 4.04. The van der Waals surface area contributed by atoms with Crippen LogP contribution in [-0.2, 0) is 11.3 Å². The van der Waals surface area contributed by atoms with Crippen LogP contribution < -0.4 is 11.3 Å². The van der Waals surface area contributed by atoms with Gasteiger partial charge in [-0.05, 0) is 0 Å². The van der Waals surface area contributed by atoms with Crippen molar-refractivity contribution in [2.24, 2.45) is 5.84 Å². The second-order valence-electron chi connectivity index (χ2n) is 3.63. The Balaban J connectivity index is 2.93. The van der Waals surface area contributed by atoms with Crippen molar-refractivity contribution in [2.45, 2.75) is 25.2 Å². The smallest absolute Gasteiger partial charge is 0.383 e. The van der Waals surface area contributed by atoms with E-state index in [1.54, 1.807) is 0 Å². The van der Waals surface area contributed by atoms with Crippen molar-refractivity contribution in [2.75, 3.05) is 13.7 Å². The van der Waals surface area contributed by atoms with Crippen LogP contribution in [0.3, 0.4) is 0 Å². The van der Waals surface area contributed by atoms with Gasteiger partial charge >= 0.3 is 6.18 Å². The number of hydrazine groups is 1. The highest BCUT2D eigenvalue weighted by Gasteiger charge is 2.34. The van der Waals surface area contributed by atoms with Crippen LogP contribution in [0.4, 0.5) is 13.2 Å². The molecule has 0 aromatic carbocycles. The number of hydrogen-bond acceptors (Lipinski definition) is 4. The van der Waals surface area contributed by atoms with Crippen LogP contribution in [0.2, 0.25) is 5.02 Å². The number of nitrogens with zero attached hydrogens (tertiary/aromatic N) is 2. The number of rotatable bonds is 6. The molecule has 0 saturated heterocycles. The zero-order chi connectivity index (χ0) is 13.8. The maximum atomic E-state index is 12.4. The van der Waals surface area contributed by atoms with E-state index in [1.807, 2.05) is 0 Å². The number of hydrogen-bond donors (Lipinski definition) is 2. The van der Waals surface area contributed by atoms with Crippen molar-refractivity contribution < 1.29 is 17.9 Å². The first-order valence-corrected chi connectivity index (χ1v) is 5.50. The van der Waals surface area contributed by atoms with Gasteiger partial charge < -0.3 is 4.74 Å². The van der Waals surface area contributed by atoms with Crippen LogP contribution in [0.5, 0.6) is 0 Å². The molecule has 9 heteroatoms. The quantitative estimate of drug-likeness (QED) is 0.616. The van der Waals surface area contributed by atoms with Gasteiger partial charge in [-0.2, -0.15) is 18.3 Å². The van der Waals surface area contributed by atoms with Crippen LogP contribution in [0.25, 0.3) is 0 Å². The Hall–Kier alpha value is -0.830. The van der Waals surface area contributed by atoms with Crippen LogP contribution >= 0.6 is 11.6 Å². The Morgan fingerprint density at radius 1 is 1.61 bits per heavy atom. The number of ether oxygens (including phenoxy) is 1. The maximum Gasteiger partial charge on any atom is 0.391 e. The van der Waals surface area contributed by atoms with E-state index in [0.717, 1.165) is 0 Å². The molecular formula is C9H14ClF3N4O.